The highest BCUT2D eigenvalue weighted by molar-refractivity contribution is 5.96. The molecular formula is C45H40O16. The number of carbonyl (C=O) groups excluding carboxylic acids is 6. The highest BCUT2D eigenvalue weighted by Gasteiger charge is 2.51. The lowest BCUT2D eigenvalue weighted by molar-refractivity contribution is -0.129. The molecule has 0 saturated carbocycles. The molecule has 2 aliphatic heterocycles. The number of rotatable bonds is 14. The van der Waals surface area contributed by atoms with Crippen LogP contribution in [0, 0.1) is 20.8 Å². The van der Waals surface area contributed by atoms with E-state index in [4.69, 9.17) is 47.4 Å². The zero-order valence-electron chi connectivity index (χ0n) is 33.7. The van der Waals surface area contributed by atoms with Crippen LogP contribution in [0.3, 0.4) is 0 Å². The second-order valence-corrected chi connectivity index (χ2v) is 13.7. The number of hydrogen-bond donors (Lipinski definition) is 0. The van der Waals surface area contributed by atoms with E-state index in [1.807, 2.05) is 0 Å². The van der Waals surface area contributed by atoms with Gasteiger partial charge in [0.15, 0.2) is 23.7 Å². The highest BCUT2D eigenvalue weighted by Crippen LogP contribution is 2.34. The average molecular weight is 837 g/mol. The number of esters is 6. The monoisotopic (exact) mass is 836 g/mol. The van der Waals surface area contributed by atoms with Gasteiger partial charge < -0.3 is 47.4 Å². The Hall–Kier alpha value is -7.30. The Kier molecular flexibility index (Phi) is 13.3. The molecule has 0 N–H and O–H groups in total. The van der Waals surface area contributed by atoms with E-state index in [0.29, 0.717) is 16.7 Å². The van der Waals surface area contributed by atoms with Crippen molar-refractivity contribution in [3.8, 4) is 34.5 Å². The first-order valence-electron chi connectivity index (χ1n) is 18.6. The molecule has 0 aromatic heterocycles. The SMILES string of the molecule is C=CC(=O)Oc1ccc(C(=O)Oc2cc(C)c(C(=O)O[C@H]3CO[C@H]4[C@@H]3OC[C@H]4OC(=O)c3ccc(OC(=O)c4ccc(OC(=O)C=C)c(OC)c4)c(C)c3)cc2C)c(OC)c1. The van der Waals surface area contributed by atoms with Gasteiger partial charge >= 0.3 is 35.8 Å². The van der Waals surface area contributed by atoms with Crippen molar-refractivity contribution in [2.24, 2.45) is 0 Å². The van der Waals surface area contributed by atoms with Gasteiger partial charge in [0.25, 0.3) is 0 Å². The molecule has 0 aliphatic carbocycles. The van der Waals surface area contributed by atoms with Gasteiger partial charge in [-0.15, -0.1) is 0 Å². The summed E-state index contributed by atoms with van der Waals surface area (Å²) in [5.41, 5.74) is 1.99. The van der Waals surface area contributed by atoms with Crippen LogP contribution < -0.4 is 28.4 Å². The summed E-state index contributed by atoms with van der Waals surface area (Å²) in [6.07, 6.45) is -1.05. The molecule has 2 fully saturated rings. The number of benzene rings is 4. The van der Waals surface area contributed by atoms with Crippen LogP contribution >= 0.6 is 0 Å². The number of carbonyl (C=O) groups is 6. The maximum Gasteiger partial charge on any atom is 0.347 e. The minimum absolute atomic E-state index is 0.00940. The van der Waals surface area contributed by atoms with Crippen LogP contribution in [0.4, 0.5) is 0 Å². The molecule has 4 aromatic rings. The van der Waals surface area contributed by atoms with Crippen LogP contribution in [0.1, 0.15) is 58.1 Å². The van der Waals surface area contributed by atoms with Crippen molar-refractivity contribution in [1.29, 1.82) is 0 Å². The molecule has 61 heavy (non-hydrogen) atoms. The zero-order valence-corrected chi connectivity index (χ0v) is 33.7. The molecule has 0 unspecified atom stereocenters. The van der Waals surface area contributed by atoms with Crippen molar-refractivity contribution in [1.82, 2.24) is 0 Å². The maximum atomic E-state index is 13.4. The van der Waals surface area contributed by atoms with E-state index in [0.717, 1.165) is 12.2 Å². The summed E-state index contributed by atoms with van der Waals surface area (Å²) in [4.78, 5) is 75.9. The fourth-order valence-corrected chi connectivity index (χ4v) is 6.45. The van der Waals surface area contributed by atoms with Gasteiger partial charge in [-0.3, -0.25) is 0 Å². The first-order valence-corrected chi connectivity index (χ1v) is 18.6. The van der Waals surface area contributed by atoms with Gasteiger partial charge in [-0.25, -0.2) is 28.8 Å². The predicted molar refractivity (Wildman–Crippen MR) is 213 cm³/mol. The Labute approximate surface area is 349 Å². The van der Waals surface area contributed by atoms with Crippen LogP contribution in [-0.2, 0) is 28.5 Å². The second-order valence-electron chi connectivity index (χ2n) is 13.7. The van der Waals surface area contributed by atoms with Gasteiger partial charge in [-0.1, -0.05) is 13.2 Å². The number of methoxy groups -OCH3 is 2. The Morgan fingerprint density at radius 3 is 1.72 bits per heavy atom. The van der Waals surface area contributed by atoms with Gasteiger partial charge in [-0.2, -0.15) is 0 Å². The topological polar surface area (TPSA) is 195 Å². The van der Waals surface area contributed by atoms with Crippen molar-refractivity contribution in [2.75, 3.05) is 27.4 Å². The molecule has 16 nitrogen and oxygen atoms in total. The maximum absolute atomic E-state index is 13.4. The van der Waals surface area contributed by atoms with E-state index >= 15 is 0 Å². The standard InChI is InChI=1S/C45H40O16/c1-8-38(46)56-28-12-13-29(34(20-28)52-6)44(50)59-33-18-23(3)30(17-25(33)5)45(51)61-37-22-55-40-36(21-54-41(37)40)60-42(48)26-10-14-31(24(4)16-26)58-43(49)27-11-15-32(35(19-27)53-7)57-39(47)9-2/h8-20,36-37,40-41H,1-2,21-22H2,3-7H3/t36-,37+,40-,41-/m1/s1. The summed E-state index contributed by atoms with van der Waals surface area (Å²) in [5.74, 6) is -3.31. The van der Waals surface area contributed by atoms with Crippen LogP contribution in [0.5, 0.6) is 34.5 Å². The first-order chi connectivity index (χ1) is 29.2. The third-order valence-corrected chi connectivity index (χ3v) is 9.59. The lowest BCUT2D eigenvalue weighted by Crippen LogP contribution is -2.36. The van der Waals surface area contributed by atoms with Crippen molar-refractivity contribution in [2.45, 2.75) is 45.2 Å². The molecule has 4 aromatic carbocycles. The number of ether oxygens (including phenoxy) is 10. The summed E-state index contributed by atoms with van der Waals surface area (Å²) < 4.78 is 55.3. The Bertz CT molecular complexity index is 2430. The fourth-order valence-electron chi connectivity index (χ4n) is 6.45. The fraction of sp³-hybridized carbons (Fsp3) is 0.244. The van der Waals surface area contributed by atoms with Gasteiger partial charge in [0, 0.05) is 18.2 Å². The number of fused-ring (bicyclic) bond motifs is 1. The molecule has 0 amide bonds. The summed E-state index contributed by atoms with van der Waals surface area (Å²) in [5, 5.41) is 0. The van der Waals surface area contributed by atoms with Crippen LogP contribution in [0.15, 0.2) is 92.0 Å². The summed E-state index contributed by atoms with van der Waals surface area (Å²) in [6.45, 7) is 11.7. The molecule has 2 heterocycles. The third kappa shape index (κ3) is 9.78. The lowest BCUT2D eigenvalue weighted by atomic mass is 10.0. The molecule has 0 radical (unpaired) electrons. The van der Waals surface area contributed by atoms with E-state index in [1.165, 1.54) is 80.9 Å². The molecular weight excluding hydrogens is 796 g/mol. The smallest absolute Gasteiger partial charge is 0.347 e. The van der Waals surface area contributed by atoms with Crippen LogP contribution in [0.25, 0.3) is 0 Å². The molecule has 2 saturated heterocycles. The molecule has 16 heteroatoms. The quantitative estimate of drug-likeness (QED) is 0.0839. The van der Waals surface area contributed by atoms with Crippen molar-refractivity contribution < 1.29 is 76.1 Å². The number of aryl methyl sites for hydroxylation is 3. The van der Waals surface area contributed by atoms with Crippen molar-refractivity contribution in [3.63, 3.8) is 0 Å². The molecule has 0 bridgehead atoms. The van der Waals surface area contributed by atoms with E-state index in [1.54, 1.807) is 20.8 Å². The zero-order chi connectivity index (χ0) is 44.0. The first kappa shape index (κ1) is 43.3. The molecule has 6 rings (SSSR count). The van der Waals surface area contributed by atoms with Crippen molar-refractivity contribution in [3.05, 3.63) is 131 Å². The Morgan fingerprint density at radius 2 is 1.10 bits per heavy atom. The Morgan fingerprint density at radius 1 is 0.525 bits per heavy atom. The summed E-state index contributed by atoms with van der Waals surface area (Å²) in [7, 11) is 2.70. The number of hydrogen-bond acceptors (Lipinski definition) is 16. The molecule has 0 spiro atoms. The normalized spacial score (nSPS) is 17.5. The third-order valence-electron chi connectivity index (χ3n) is 9.59. The van der Waals surface area contributed by atoms with E-state index < -0.39 is 60.2 Å². The summed E-state index contributed by atoms with van der Waals surface area (Å²) >= 11 is 0. The molecule has 2 aliphatic rings. The van der Waals surface area contributed by atoms with Crippen LogP contribution in [0.2, 0.25) is 0 Å². The highest BCUT2D eigenvalue weighted by atomic mass is 16.7. The molecule has 4 atom stereocenters. The Balaban J connectivity index is 1.03. The van der Waals surface area contributed by atoms with E-state index in [2.05, 4.69) is 13.2 Å². The second kappa shape index (κ2) is 18.7. The van der Waals surface area contributed by atoms with Gasteiger partial charge in [0.05, 0.1) is 44.1 Å². The van der Waals surface area contributed by atoms with Crippen LogP contribution in [-0.4, -0.2) is 87.7 Å². The minimum Gasteiger partial charge on any atom is -0.496 e. The summed E-state index contributed by atoms with van der Waals surface area (Å²) in [6, 6.07) is 15.8. The molecule has 316 valence electrons. The largest absolute Gasteiger partial charge is 0.496 e. The lowest BCUT2D eigenvalue weighted by Gasteiger charge is -2.18. The minimum atomic E-state index is -0.811. The van der Waals surface area contributed by atoms with Gasteiger partial charge in [-0.05, 0) is 98.1 Å². The average Bonchev–Trinajstić information content (AvgIpc) is 3.84. The predicted octanol–water partition coefficient (Wildman–Crippen LogP) is 5.80. The van der Waals surface area contributed by atoms with Gasteiger partial charge in [0.2, 0.25) is 0 Å². The van der Waals surface area contributed by atoms with E-state index in [9.17, 15) is 28.8 Å². The van der Waals surface area contributed by atoms with Crippen molar-refractivity contribution >= 4 is 35.8 Å². The van der Waals surface area contributed by atoms with Gasteiger partial charge in [0.1, 0.15) is 40.8 Å². The van der Waals surface area contributed by atoms with E-state index in [-0.39, 0.29) is 70.0 Å².